The zero-order valence-corrected chi connectivity index (χ0v) is 16.4. The zero-order valence-electron chi connectivity index (χ0n) is 15.5. The second-order valence-corrected chi connectivity index (χ2v) is 6.80. The average molecular weight is 379 g/mol. The Morgan fingerprint density at radius 1 is 1.26 bits per heavy atom. The molecule has 0 fully saturated rings. The molecule has 3 rings (SSSR count). The first-order chi connectivity index (χ1) is 13.1. The van der Waals surface area contributed by atoms with Crippen LogP contribution in [0.15, 0.2) is 48.0 Å². The minimum absolute atomic E-state index is 0.339. The van der Waals surface area contributed by atoms with E-state index in [1.54, 1.807) is 11.6 Å². The molecule has 0 saturated heterocycles. The van der Waals surface area contributed by atoms with Gasteiger partial charge in [-0.1, -0.05) is 48.1 Å². The van der Waals surface area contributed by atoms with Crippen molar-refractivity contribution in [1.82, 2.24) is 14.8 Å². The van der Waals surface area contributed by atoms with Gasteiger partial charge in [-0.15, -0.1) is 11.3 Å². The molecule has 0 aliphatic carbocycles. The summed E-state index contributed by atoms with van der Waals surface area (Å²) in [7, 11) is 0. The summed E-state index contributed by atoms with van der Waals surface area (Å²) in [4.78, 5) is 16.5. The fourth-order valence-electron chi connectivity index (χ4n) is 2.56. The van der Waals surface area contributed by atoms with Crippen LogP contribution in [0.4, 0.5) is 0 Å². The van der Waals surface area contributed by atoms with Gasteiger partial charge in [-0.3, -0.25) is 0 Å². The van der Waals surface area contributed by atoms with Gasteiger partial charge in [0.2, 0.25) is 5.13 Å². The first kappa shape index (κ1) is 18.8. The lowest BCUT2D eigenvalue weighted by Crippen LogP contribution is -2.06. The van der Waals surface area contributed by atoms with Gasteiger partial charge in [0.1, 0.15) is 5.56 Å². The Kier molecular flexibility index (Phi) is 5.98. The minimum atomic E-state index is -0.362. The number of hydrogen-bond acceptors (Lipinski definition) is 5. The van der Waals surface area contributed by atoms with E-state index in [1.807, 2.05) is 36.6 Å². The van der Waals surface area contributed by atoms with E-state index in [0.29, 0.717) is 17.3 Å². The van der Waals surface area contributed by atoms with Crippen LogP contribution in [0, 0.1) is 13.8 Å². The van der Waals surface area contributed by atoms with Crippen molar-refractivity contribution in [3.05, 3.63) is 76.1 Å². The molecule has 0 amide bonds. The zero-order chi connectivity index (χ0) is 19.2. The van der Waals surface area contributed by atoms with Crippen molar-refractivity contribution in [2.75, 3.05) is 6.61 Å². The van der Waals surface area contributed by atoms with Gasteiger partial charge < -0.3 is 4.74 Å². The van der Waals surface area contributed by atoms with Crippen LogP contribution in [0.5, 0.6) is 0 Å². The van der Waals surface area contributed by atoms with Crippen molar-refractivity contribution in [2.24, 2.45) is 0 Å². The van der Waals surface area contributed by atoms with Gasteiger partial charge in [-0.05, 0) is 32.4 Å². The van der Waals surface area contributed by atoms with Crippen LogP contribution in [0.3, 0.4) is 0 Å². The number of esters is 1. The summed E-state index contributed by atoms with van der Waals surface area (Å²) in [6.45, 7) is 6.03. The number of nitrogens with zero attached hydrogens (tertiary/aromatic N) is 3. The van der Waals surface area contributed by atoms with Crippen LogP contribution in [-0.2, 0) is 4.74 Å². The van der Waals surface area contributed by atoms with Gasteiger partial charge in [0.15, 0.2) is 0 Å². The number of ether oxygens (including phenoxy) is 1. The van der Waals surface area contributed by atoms with Crippen LogP contribution in [0.25, 0.3) is 17.3 Å². The van der Waals surface area contributed by atoms with Gasteiger partial charge >= 0.3 is 5.97 Å². The van der Waals surface area contributed by atoms with Crippen LogP contribution in [-0.4, -0.2) is 27.3 Å². The second kappa shape index (κ2) is 8.60. The molecule has 5 nitrogen and oxygen atoms in total. The molecule has 0 radical (unpaired) electrons. The molecule has 0 atom stereocenters. The van der Waals surface area contributed by atoms with Crippen molar-refractivity contribution < 1.29 is 9.53 Å². The molecule has 1 aromatic carbocycles. The molecule has 3 aromatic rings. The van der Waals surface area contributed by atoms with Crippen LogP contribution in [0.1, 0.15) is 39.8 Å². The van der Waals surface area contributed by atoms with E-state index in [0.717, 1.165) is 17.0 Å². The maximum atomic E-state index is 11.9. The highest BCUT2D eigenvalue weighted by atomic mass is 32.1. The van der Waals surface area contributed by atoms with Gasteiger partial charge in [0.25, 0.3) is 0 Å². The second-order valence-electron chi connectivity index (χ2n) is 5.96. The third-order valence-electron chi connectivity index (χ3n) is 3.91. The Morgan fingerprint density at radius 3 is 2.85 bits per heavy atom. The molecule has 27 heavy (non-hydrogen) atoms. The topological polar surface area (TPSA) is 57.0 Å². The molecule has 0 N–H and O–H groups in total. The van der Waals surface area contributed by atoms with E-state index < -0.39 is 0 Å². The van der Waals surface area contributed by atoms with E-state index in [2.05, 4.69) is 41.3 Å². The van der Waals surface area contributed by atoms with E-state index in [4.69, 9.17) is 4.74 Å². The van der Waals surface area contributed by atoms with Gasteiger partial charge in [-0.2, -0.15) is 5.10 Å². The van der Waals surface area contributed by atoms with E-state index >= 15 is 0 Å². The van der Waals surface area contributed by atoms with Crippen molar-refractivity contribution >= 4 is 29.5 Å². The summed E-state index contributed by atoms with van der Waals surface area (Å²) >= 11 is 1.47. The number of carbonyl (C=O) groups excluding carboxylic acids is 1. The van der Waals surface area contributed by atoms with E-state index in [9.17, 15) is 4.79 Å². The summed E-state index contributed by atoms with van der Waals surface area (Å²) in [6, 6.07) is 8.32. The van der Waals surface area contributed by atoms with Crippen molar-refractivity contribution in [1.29, 1.82) is 0 Å². The number of thiazole rings is 1. The third kappa shape index (κ3) is 4.60. The molecular formula is C21H21N3O2S. The van der Waals surface area contributed by atoms with Crippen molar-refractivity contribution in [3.63, 3.8) is 0 Å². The number of allylic oxidation sites excluding steroid dienone is 2. The fourth-order valence-corrected chi connectivity index (χ4v) is 3.36. The van der Waals surface area contributed by atoms with Gasteiger partial charge in [0, 0.05) is 5.38 Å². The smallest absolute Gasteiger partial charge is 0.341 e. The molecule has 2 heterocycles. The highest BCUT2D eigenvalue weighted by Gasteiger charge is 2.17. The highest BCUT2D eigenvalue weighted by molar-refractivity contribution is 7.12. The quantitative estimate of drug-likeness (QED) is 0.454. The molecular weight excluding hydrogens is 358 g/mol. The lowest BCUT2D eigenvalue weighted by Gasteiger charge is -2.01. The monoisotopic (exact) mass is 379 g/mol. The lowest BCUT2D eigenvalue weighted by atomic mass is 10.1. The first-order valence-corrected chi connectivity index (χ1v) is 9.55. The number of hydrogen-bond donors (Lipinski definition) is 0. The Bertz CT molecular complexity index is 999. The van der Waals surface area contributed by atoms with Crippen molar-refractivity contribution in [3.8, 4) is 5.13 Å². The number of aryl methyl sites for hydroxylation is 1. The molecule has 0 unspecified atom stereocenters. The maximum Gasteiger partial charge on any atom is 0.341 e. The van der Waals surface area contributed by atoms with Crippen molar-refractivity contribution in [2.45, 2.75) is 20.8 Å². The normalized spacial score (nSPS) is 11.5. The molecule has 0 spiro atoms. The number of benzene rings is 1. The fraction of sp³-hybridized carbons (Fsp3) is 0.190. The van der Waals surface area contributed by atoms with Crippen LogP contribution in [0.2, 0.25) is 0 Å². The predicted octanol–water partition coefficient (Wildman–Crippen LogP) is 4.85. The summed E-state index contributed by atoms with van der Waals surface area (Å²) in [5, 5.41) is 6.94. The summed E-state index contributed by atoms with van der Waals surface area (Å²) < 4.78 is 6.71. The Balaban J connectivity index is 1.71. The molecule has 0 aliphatic heterocycles. The van der Waals surface area contributed by atoms with Crippen LogP contribution >= 0.6 is 11.3 Å². The van der Waals surface area contributed by atoms with Gasteiger partial charge in [0.05, 0.1) is 24.2 Å². The molecule has 138 valence electrons. The highest BCUT2D eigenvalue weighted by Crippen LogP contribution is 2.19. The van der Waals surface area contributed by atoms with E-state index in [1.165, 1.54) is 23.1 Å². The average Bonchev–Trinajstić information content (AvgIpc) is 3.25. The molecule has 0 bridgehead atoms. The minimum Gasteiger partial charge on any atom is -0.462 e. The van der Waals surface area contributed by atoms with E-state index in [-0.39, 0.29) is 5.97 Å². The molecule has 6 heteroatoms. The largest absolute Gasteiger partial charge is 0.462 e. The summed E-state index contributed by atoms with van der Waals surface area (Å²) in [6.07, 6.45) is 9.47. The summed E-state index contributed by atoms with van der Waals surface area (Å²) in [5.74, 6) is -0.362. The Morgan fingerprint density at radius 2 is 2.07 bits per heavy atom. The third-order valence-corrected chi connectivity index (χ3v) is 4.74. The standard InChI is InChI=1S/C21H21N3O2S/c1-4-26-20(25)19-13-22-24(16(19)3)21-23-18(14-27-21)11-6-5-9-17-10-7-8-15(2)12-17/h5-14H,4H2,1-3H3/b9-5+,11-6?. The number of rotatable bonds is 6. The Labute approximate surface area is 162 Å². The maximum absolute atomic E-state index is 11.9. The molecule has 2 aromatic heterocycles. The molecule has 0 saturated carbocycles. The summed E-state index contributed by atoms with van der Waals surface area (Å²) in [5.41, 5.74) is 4.43. The number of carbonyl (C=O) groups is 1. The van der Waals surface area contributed by atoms with Crippen LogP contribution < -0.4 is 0 Å². The predicted molar refractivity (Wildman–Crippen MR) is 109 cm³/mol. The Hall–Kier alpha value is -2.99. The number of aromatic nitrogens is 3. The van der Waals surface area contributed by atoms with Gasteiger partial charge in [-0.25, -0.2) is 14.5 Å². The first-order valence-electron chi connectivity index (χ1n) is 8.67. The molecule has 0 aliphatic rings. The lowest BCUT2D eigenvalue weighted by molar-refractivity contribution is 0.0525. The SMILES string of the molecule is CCOC(=O)c1cnn(-c2nc(C=C/C=C/c3cccc(C)c3)cs2)c1C.